The van der Waals surface area contributed by atoms with E-state index in [1.807, 2.05) is 29.2 Å². The number of amides is 1. The van der Waals surface area contributed by atoms with E-state index in [9.17, 15) is 4.79 Å². The molecule has 8 heteroatoms. The number of thiazole rings is 1. The summed E-state index contributed by atoms with van der Waals surface area (Å²) in [6, 6.07) is 7.43. The fraction of sp³-hybridized carbons (Fsp3) is 0.312. The molecule has 0 bridgehead atoms. The molecule has 1 saturated heterocycles. The number of anilines is 2. The molecule has 0 spiro atoms. The van der Waals surface area contributed by atoms with Crippen LogP contribution in [-0.4, -0.2) is 60.1 Å². The van der Waals surface area contributed by atoms with Crippen LogP contribution >= 0.6 is 11.3 Å². The summed E-state index contributed by atoms with van der Waals surface area (Å²) in [5.74, 6) is 0.562. The van der Waals surface area contributed by atoms with Crippen molar-refractivity contribution in [2.75, 3.05) is 44.4 Å². The Kier molecular flexibility index (Phi) is 5.07. The summed E-state index contributed by atoms with van der Waals surface area (Å²) in [6.45, 7) is 3.39. The summed E-state index contributed by atoms with van der Waals surface area (Å²) in [5.41, 5.74) is 9.98. The number of nitrogens with two attached hydrogens (primary N) is 1. The molecule has 3 N–H and O–H groups in total. The van der Waals surface area contributed by atoms with Gasteiger partial charge in [-0.3, -0.25) is 10.2 Å². The SMILES string of the molecule is CN1CCN(C(=O)c2ccc(C=NNc3nc(N)cs3)cc2)CC1. The molecular weight excluding hydrogens is 324 g/mol. The molecule has 0 radical (unpaired) electrons. The molecule has 1 fully saturated rings. The van der Waals surface area contributed by atoms with Crippen LogP contribution in [0.25, 0.3) is 0 Å². The summed E-state index contributed by atoms with van der Waals surface area (Å²) in [4.78, 5) is 20.6. The lowest BCUT2D eigenvalue weighted by molar-refractivity contribution is 0.0664. The number of nitrogens with one attached hydrogen (secondary N) is 1. The molecule has 1 amide bonds. The van der Waals surface area contributed by atoms with E-state index in [4.69, 9.17) is 5.73 Å². The van der Waals surface area contributed by atoms with E-state index in [1.165, 1.54) is 11.3 Å². The normalized spacial score (nSPS) is 15.8. The van der Waals surface area contributed by atoms with Crippen molar-refractivity contribution in [1.29, 1.82) is 0 Å². The Morgan fingerprint density at radius 2 is 2.00 bits per heavy atom. The summed E-state index contributed by atoms with van der Waals surface area (Å²) >= 11 is 1.39. The second kappa shape index (κ2) is 7.41. The molecular formula is C16H20N6OS. The molecule has 1 aromatic heterocycles. The molecule has 7 nitrogen and oxygen atoms in total. The van der Waals surface area contributed by atoms with Gasteiger partial charge in [-0.05, 0) is 24.7 Å². The molecule has 24 heavy (non-hydrogen) atoms. The number of likely N-dealkylation sites (N-methyl/N-ethyl adjacent to an activating group) is 1. The number of carbonyl (C=O) groups excluding carboxylic acids is 1. The first-order valence-corrected chi connectivity index (χ1v) is 8.58. The average molecular weight is 344 g/mol. The average Bonchev–Trinajstić information content (AvgIpc) is 3.01. The highest BCUT2D eigenvalue weighted by atomic mass is 32.1. The van der Waals surface area contributed by atoms with Crippen LogP contribution in [0.2, 0.25) is 0 Å². The molecule has 2 aromatic rings. The van der Waals surface area contributed by atoms with Gasteiger partial charge in [-0.2, -0.15) is 5.10 Å². The Balaban J connectivity index is 1.57. The topological polar surface area (TPSA) is 86.8 Å². The number of rotatable bonds is 4. The highest BCUT2D eigenvalue weighted by molar-refractivity contribution is 7.14. The number of hydrogen-bond acceptors (Lipinski definition) is 7. The third-order valence-electron chi connectivity index (χ3n) is 3.84. The van der Waals surface area contributed by atoms with E-state index in [-0.39, 0.29) is 5.91 Å². The molecule has 1 aliphatic heterocycles. The van der Waals surface area contributed by atoms with E-state index in [1.54, 1.807) is 11.6 Å². The second-order valence-corrected chi connectivity index (χ2v) is 6.52. The summed E-state index contributed by atoms with van der Waals surface area (Å²) in [6.07, 6.45) is 1.68. The predicted molar refractivity (Wildman–Crippen MR) is 97.6 cm³/mol. The van der Waals surface area contributed by atoms with Crippen molar-refractivity contribution in [3.63, 3.8) is 0 Å². The summed E-state index contributed by atoms with van der Waals surface area (Å²) in [5, 5.41) is 6.51. The van der Waals surface area contributed by atoms with Crippen molar-refractivity contribution in [2.24, 2.45) is 5.10 Å². The lowest BCUT2D eigenvalue weighted by Gasteiger charge is -2.32. The monoisotopic (exact) mass is 344 g/mol. The minimum Gasteiger partial charge on any atom is -0.383 e. The Morgan fingerprint density at radius 1 is 1.29 bits per heavy atom. The first kappa shape index (κ1) is 16.4. The number of hydrazone groups is 1. The zero-order chi connectivity index (χ0) is 16.9. The van der Waals surface area contributed by atoms with Crippen LogP contribution in [0.5, 0.6) is 0 Å². The van der Waals surface area contributed by atoms with Gasteiger partial charge in [-0.25, -0.2) is 4.98 Å². The zero-order valence-corrected chi connectivity index (χ0v) is 14.3. The maximum absolute atomic E-state index is 12.5. The van der Waals surface area contributed by atoms with E-state index in [0.29, 0.717) is 16.5 Å². The van der Waals surface area contributed by atoms with Gasteiger partial charge >= 0.3 is 0 Å². The lowest BCUT2D eigenvalue weighted by atomic mass is 10.1. The zero-order valence-electron chi connectivity index (χ0n) is 13.5. The third kappa shape index (κ3) is 4.09. The Morgan fingerprint density at radius 3 is 2.62 bits per heavy atom. The Labute approximate surface area is 144 Å². The van der Waals surface area contributed by atoms with E-state index < -0.39 is 0 Å². The van der Waals surface area contributed by atoms with Crippen molar-refractivity contribution in [1.82, 2.24) is 14.8 Å². The number of benzene rings is 1. The molecule has 1 aromatic carbocycles. The van der Waals surface area contributed by atoms with Crippen LogP contribution in [0.15, 0.2) is 34.7 Å². The van der Waals surface area contributed by atoms with Crippen molar-refractivity contribution >= 4 is 34.4 Å². The molecule has 126 valence electrons. The van der Waals surface area contributed by atoms with Gasteiger partial charge in [-0.15, -0.1) is 11.3 Å². The van der Waals surface area contributed by atoms with Gasteiger partial charge < -0.3 is 15.5 Å². The maximum Gasteiger partial charge on any atom is 0.253 e. The molecule has 3 rings (SSSR count). The minimum atomic E-state index is 0.0861. The van der Waals surface area contributed by atoms with Crippen molar-refractivity contribution in [3.05, 3.63) is 40.8 Å². The number of carbonyl (C=O) groups is 1. The van der Waals surface area contributed by atoms with Crippen LogP contribution in [0, 0.1) is 0 Å². The standard InChI is InChI=1S/C16H20N6OS/c1-21-6-8-22(9-7-21)15(23)13-4-2-12(3-5-13)10-18-20-16-19-14(17)11-24-16/h2-5,10-11H,6-9,17H2,1H3,(H,19,20). The van der Waals surface area contributed by atoms with Crippen LogP contribution in [0.3, 0.4) is 0 Å². The van der Waals surface area contributed by atoms with Gasteiger partial charge in [-0.1, -0.05) is 12.1 Å². The first-order valence-electron chi connectivity index (χ1n) is 7.70. The molecule has 0 atom stereocenters. The van der Waals surface area contributed by atoms with Crippen LogP contribution in [-0.2, 0) is 0 Å². The maximum atomic E-state index is 12.5. The highest BCUT2D eigenvalue weighted by Crippen LogP contribution is 2.16. The molecule has 1 aliphatic rings. The number of aromatic nitrogens is 1. The fourth-order valence-corrected chi connectivity index (χ4v) is 2.95. The second-order valence-electron chi connectivity index (χ2n) is 5.67. The third-order valence-corrected chi connectivity index (χ3v) is 4.61. The predicted octanol–water partition coefficient (Wildman–Crippen LogP) is 1.56. The van der Waals surface area contributed by atoms with Crippen molar-refractivity contribution in [2.45, 2.75) is 0 Å². The van der Waals surface area contributed by atoms with Gasteiger partial charge in [0.25, 0.3) is 5.91 Å². The van der Waals surface area contributed by atoms with Gasteiger partial charge in [0.2, 0.25) is 5.13 Å². The van der Waals surface area contributed by atoms with Gasteiger partial charge in [0, 0.05) is 37.1 Å². The van der Waals surface area contributed by atoms with E-state index in [0.717, 1.165) is 31.7 Å². The molecule has 0 unspecified atom stereocenters. The number of nitrogen functional groups attached to an aromatic ring is 1. The highest BCUT2D eigenvalue weighted by Gasteiger charge is 2.19. The summed E-state index contributed by atoms with van der Waals surface area (Å²) < 4.78 is 0. The van der Waals surface area contributed by atoms with Crippen LogP contribution < -0.4 is 11.2 Å². The quantitative estimate of drug-likeness (QED) is 0.649. The minimum absolute atomic E-state index is 0.0861. The van der Waals surface area contributed by atoms with Crippen LogP contribution in [0.4, 0.5) is 10.9 Å². The number of piperazine rings is 1. The van der Waals surface area contributed by atoms with Gasteiger partial charge in [0.15, 0.2) is 0 Å². The molecule has 0 aliphatic carbocycles. The van der Waals surface area contributed by atoms with Gasteiger partial charge in [0.1, 0.15) is 5.82 Å². The van der Waals surface area contributed by atoms with Crippen molar-refractivity contribution in [3.8, 4) is 0 Å². The largest absolute Gasteiger partial charge is 0.383 e. The van der Waals surface area contributed by atoms with Crippen molar-refractivity contribution < 1.29 is 4.79 Å². The molecule has 2 heterocycles. The fourth-order valence-electron chi connectivity index (χ4n) is 2.40. The Hall–Kier alpha value is -2.45. The Bertz CT molecular complexity index is 718. The smallest absolute Gasteiger partial charge is 0.253 e. The van der Waals surface area contributed by atoms with E-state index in [2.05, 4.69) is 27.5 Å². The molecule has 0 saturated carbocycles. The van der Waals surface area contributed by atoms with Gasteiger partial charge in [0.05, 0.1) is 6.21 Å². The van der Waals surface area contributed by atoms with Crippen LogP contribution in [0.1, 0.15) is 15.9 Å². The number of nitrogens with zero attached hydrogens (tertiary/aromatic N) is 4. The first-order chi connectivity index (χ1) is 11.6. The lowest BCUT2D eigenvalue weighted by Crippen LogP contribution is -2.47. The number of hydrogen-bond donors (Lipinski definition) is 2. The van der Waals surface area contributed by atoms with E-state index >= 15 is 0 Å². The summed E-state index contributed by atoms with van der Waals surface area (Å²) in [7, 11) is 2.07.